The Morgan fingerprint density at radius 2 is 1.76 bits per heavy atom. The molecule has 1 amide bonds. The first-order chi connectivity index (χ1) is 11.6. The molecule has 140 valence electrons. The molecule has 0 radical (unpaired) electrons. The maximum Gasteiger partial charge on any atom is 0.224 e. The lowest BCUT2D eigenvalue weighted by molar-refractivity contribution is -0.122. The van der Waals surface area contributed by atoms with Gasteiger partial charge in [0.1, 0.15) is 6.29 Å². The third-order valence-corrected chi connectivity index (χ3v) is 4.65. The molecule has 0 spiro atoms. The van der Waals surface area contributed by atoms with Crippen molar-refractivity contribution in [1.29, 1.82) is 0 Å². The van der Waals surface area contributed by atoms with E-state index in [4.69, 9.17) is 4.74 Å². The summed E-state index contributed by atoms with van der Waals surface area (Å²) in [6.45, 7) is 13.1. The van der Waals surface area contributed by atoms with Crippen LogP contribution in [0.25, 0.3) is 0 Å². The molecule has 0 aliphatic heterocycles. The molecule has 1 N–H and O–H groups in total. The average molecular weight is 347 g/mol. The fourth-order valence-corrected chi connectivity index (χ4v) is 2.22. The maximum atomic E-state index is 12.3. The molecule has 0 unspecified atom stereocenters. The lowest BCUT2D eigenvalue weighted by Gasteiger charge is -2.34. The molecular weight excluding hydrogens is 314 g/mol. The summed E-state index contributed by atoms with van der Waals surface area (Å²) in [5.74, 6) is 0.395. The molecule has 4 nitrogen and oxygen atoms in total. The van der Waals surface area contributed by atoms with E-state index < -0.39 is 0 Å². The first kappa shape index (κ1) is 21.4. The van der Waals surface area contributed by atoms with Crippen LogP contribution in [-0.2, 0) is 20.7 Å². The van der Waals surface area contributed by atoms with Crippen LogP contribution >= 0.6 is 0 Å². The van der Waals surface area contributed by atoms with E-state index in [1.807, 2.05) is 38.1 Å². The third kappa shape index (κ3) is 7.82. The summed E-state index contributed by atoms with van der Waals surface area (Å²) in [4.78, 5) is 22.7. The van der Waals surface area contributed by atoms with Crippen LogP contribution < -0.4 is 5.32 Å². The van der Waals surface area contributed by atoms with E-state index in [9.17, 15) is 9.59 Å². The number of anilines is 1. The number of aryl methyl sites for hydroxylation is 1. The molecule has 25 heavy (non-hydrogen) atoms. The largest absolute Gasteiger partial charge is 0.375 e. The average Bonchev–Trinajstić information content (AvgIpc) is 2.52. The van der Waals surface area contributed by atoms with Crippen molar-refractivity contribution in [3.05, 3.63) is 29.8 Å². The number of amides is 1. The maximum absolute atomic E-state index is 12.3. The highest BCUT2D eigenvalue weighted by Crippen LogP contribution is 2.27. The Bertz CT molecular complexity index is 559. The van der Waals surface area contributed by atoms with Crippen LogP contribution in [0.1, 0.15) is 59.9 Å². The van der Waals surface area contributed by atoms with Crippen LogP contribution in [0.4, 0.5) is 5.69 Å². The summed E-state index contributed by atoms with van der Waals surface area (Å²) in [6, 6.07) is 7.64. The number of carbonyl (C=O) groups is 2. The van der Waals surface area contributed by atoms with E-state index >= 15 is 0 Å². The van der Waals surface area contributed by atoms with Crippen molar-refractivity contribution >= 4 is 17.9 Å². The van der Waals surface area contributed by atoms with Gasteiger partial charge in [0.25, 0.3) is 0 Å². The number of hydrogen-bond acceptors (Lipinski definition) is 3. The Morgan fingerprint density at radius 3 is 2.28 bits per heavy atom. The number of benzene rings is 1. The number of ether oxygens (including phenoxy) is 1. The lowest BCUT2D eigenvalue weighted by Crippen LogP contribution is -2.36. The third-order valence-electron chi connectivity index (χ3n) is 4.65. The first-order valence-electron chi connectivity index (χ1n) is 9.02. The van der Waals surface area contributed by atoms with Crippen molar-refractivity contribution in [2.24, 2.45) is 11.3 Å². The summed E-state index contributed by atoms with van der Waals surface area (Å²) in [5.41, 5.74) is 1.43. The van der Waals surface area contributed by atoms with Crippen molar-refractivity contribution in [2.45, 2.75) is 66.4 Å². The second-order valence-electron chi connectivity index (χ2n) is 8.34. The number of nitrogens with one attached hydrogen (secondary N) is 1. The van der Waals surface area contributed by atoms with Gasteiger partial charge in [-0.1, -0.05) is 39.8 Å². The van der Waals surface area contributed by atoms with Crippen LogP contribution in [0, 0.1) is 11.3 Å². The zero-order chi connectivity index (χ0) is 19.1. The molecule has 4 heteroatoms. The predicted molar refractivity (Wildman–Crippen MR) is 103 cm³/mol. The molecule has 0 aromatic heterocycles. The molecule has 0 saturated carbocycles. The van der Waals surface area contributed by atoms with Gasteiger partial charge in [-0.05, 0) is 49.3 Å². The van der Waals surface area contributed by atoms with Gasteiger partial charge >= 0.3 is 0 Å². The molecule has 1 aromatic rings. The molecule has 0 aliphatic rings. The van der Waals surface area contributed by atoms with Crippen LogP contribution in [0.5, 0.6) is 0 Å². The van der Waals surface area contributed by atoms with E-state index in [2.05, 4.69) is 33.0 Å². The van der Waals surface area contributed by atoms with Crippen molar-refractivity contribution in [1.82, 2.24) is 0 Å². The van der Waals surface area contributed by atoms with Gasteiger partial charge in [-0.2, -0.15) is 0 Å². The van der Waals surface area contributed by atoms with E-state index in [1.54, 1.807) is 0 Å². The summed E-state index contributed by atoms with van der Waals surface area (Å²) < 4.78 is 6.05. The summed E-state index contributed by atoms with van der Waals surface area (Å²) >= 11 is 0. The van der Waals surface area contributed by atoms with Gasteiger partial charge in [-0.3, -0.25) is 4.79 Å². The fourth-order valence-electron chi connectivity index (χ4n) is 2.22. The standard InChI is InChI=1S/C21H33NO3/c1-16(2)21(5,6)25-15-20(3,4)14-19(24)22-18-11-9-17(10-12-18)8-7-13-23/h9-13,16H,7-8,14-15H2,1-6H3,(H,22,24). The molecule has 0 atom stereocenters. The van der Waals surface area contributed by atoms with Crippen molar-refractivity contribution < 1.29 is 14.3 Å². The topological polar surface area (TPSA) is 55.4 Å². The Morgan fingerprint density at radius 1 is 1.16 bits per heavy atom. The Hall–Kier alpha value is -1.68. The van der Waals surface area contributed by atoms with E-state index in [1.165, 1.54) is 0 Å². The highest BCUT2D eigenvalue weighted by Gasteiger charge is 2.29. The van der Waals surface area contributed by atoms with Gasteiger partial charge in [0.05, 0.1) is 12.2 Å². The number of hydrogen-bond donors (Lipinski definition) is 1. The predicted octanol–water partition coefficient (Wildman–Crippen LogP) is 4.62. The van der Waals surface area contributed by atoms with Gasteiger partial charge in [0, 0.05) is 18.5 Å². The number of carbonyl (C=O) groups excluding carboxylic acids is 2. The van der Waals surface area contributed by atoms with Gasteiger partial charge in [0.15, 0.2) is 0 Å². The minimum atomic E-state index is -0.236. The molecular formula is C21H33NO3. The summed E-state index contributed by atoms with van der Waals surface area (Å²) in [6.07, 6.45) is 2.56. The Balaban J connectivity index is 2.52. The normalized spacial score (nSPS) is 12.3. The van der Waals surface area contributed by atoms with Crippen LogP contribution in [0.2, 0.25) is 0 Å². The summed E-state index contributed by atoms with van der Waals surface area (Å²) in [7, 11) is 0. The van der Waals surface area contributed by atoms with Gasteiger partial charge in [0.2, 0.25) is 5.91 Å². The molecule has 0 bridgehead atoms. The molecule has 1 rings (SSSR count). The highest BCUT2D eigenvalue weighted by atomic mass is 16.5. The second-order valence-corrected chi connectivity index (χ2v) is 8.34. The smallest absolute Gasteiger partial charge is 0.224 e. The zero-order valence-corrected chi connectivity index (χ0v) is 16.5. The van der Waals surface area contributed by atoms with Crippen LogP contribution in [-0.4, -0.2) is 24.4 Å². The van der Waals surface area contributed by atoms with Crippen molar-refractivity contribution in [2.75, 3.05) is 11.9 Å². The van der Waals surface area contributed by atoms with Gasteiger partial charge < -0.3 is 14.8 Å². The highest BCUT2D eigenvalue weighted by molar-refractivity contribution is 5.91. The van der Waals surface area contributed by atoms with Gasteiger partial charge in [-0.25, -0.2) is 0 Å². The molecule has 0 fully saturated rings. The fraction of sp³-hybridized carbons (Fsp3) is 0.619. The Labute approximate surface area is 152 Å². The number of rotatable bonds is 10. The van der Waals surface area contributed by atoms with E-state index in [-0.39, 0.29) is 16.9 Å². The van der Waals surface area contributed by atoms with Crippen molar-refractivity contribution in [3.8, 4) is 0 Å². The van der Waals surface area contributed by atoms with E-state index in [0.29, 0.717) is 25.4 Å². The minimum Gasteiger partial charge on any atom is -0.375 e. The SMILES string of the molecule is CC(C)C(C)(C)OCC(C)(C)CC(=O)Nc1ccc(CCC=O)cc1. The zero-order valence-electron chi connectivity index (χ0n) is 16.5. The molecule has 0 heterocycles. The van der Waals surface area contributed by atoms with E-state index in [0.717, 1.165) is 24.0 Å². The molecule has 1 aromatic carbocycles. The van der Waals surface area contributed by atoms with Crippen LogP contribution in [0.3, 0.4) is 0 Å². The monoisotopic (exact) mass is 347 g/mol. The second kappa shape index (κ2) is 9.14. The number of aldehydes is 1. The minimum absolute atomic E-state index is 0.0170. The first-order valence-corrected chi connectivity index (χ1v) is 9.02. The molecule has 0 aliphatic carbocycles. The summed E-state index contributed by atoms with van der Waals surface area (Å²) in [5, 5.41) is 2.94. The quantitative estimate of drug-likeness (QED) is 0.628. The van der Waals surface area contributed by atoms with Crippen LogP contribution in [0.15, 0.2) is 24.3 Å². The Kier molecular flexibility index (Phi) is 7.81. The lowest BCUT2D eigenvalue weighted by atomic mass is 9.88. The van der Waals surface area contributed by atoms with Gasteiger partial charge in [-0.15, -0.1) is 0 Å². The molecule has 0 saturated heterocycles. The van der Waals surface area contributed by atoms with Crippen molar-refractivity contribution in [3.63, 3.8) is 0 Å².